The van der Waals surface area contributed by atoms with Crippen molar-refractivity contribution in [1.82, 2.24) is 9.80 Å². The Balaban J connectivity index is 2.03. The molecule has 2 atom stereocenters. The highest BCUT2D eigenvalue weighted by atomic mass is 32.2. The highest BCUT2D eigenvalue weighted by Crippen LogP contribution is 2.23. The van der Waals surface area contributed by atoms with Gasteiger partial charge in [0.1, 0.15) is 6.04 Å². The summed E-state index contributed by atoms with van der Waals surface area (Å²) in [7, 11) is 0. The molecule has 2 heterocycles. The molecule has 8 heteroatoms. The summed E-state index contributed by atoms with van der Waals surface area (Å²) >= 11 is 1.54. The Hall–Kier alpha value is -1.28. The fourth-order valence-corrected chi connectivity index (χ4v) is 3.93. The van der Waals surface area contributed by atoms with Gasteiger partial charge < -0.3 is 19.6 Å². The van der Waals surface area contributed by atoms with Crippen molar-refractivity contribution in [2.75, 3.05) is 31.3 Å². The Morgan fingerprint density at radius 3 is 2.77 bits per heavy atom. The molecule has 2 aliphatic rings. The monoisotopic (exact) mass is 330 g/mol. The molecule has 7 nitrogen and oxygen atoms in total. The van der Waals surface area contributed by atoms with Crippen LogP contribution in [0, 0.1) is 0 Å². The van der Waals surface area contributed by atoms with Crippen LogP contribution in [-0.4, -0.2) is 76.2 Å². The molecule has 2 rings (SSSR count). The first-order valence-electron chi connectivity index (χ1n) is 7.46. The molecule has 0 saturated carbocycles. The first kappa shape index (κ1) is 17.1. The van der Waals surface area contributed by atoms with Crippen molar-refractivity contribution in [1.29, 1.82) is 0 Å². The van der Waals surface area contributed by atoms with Gasteiger partial charge in [-0.05, 0) is 12.8 Å². The standard InChI is InChI=1S/C14H22N2O5S/c1-10(17)16-9-22-8-12(16)14(20)15(5-4-13(18)19)7-11-3-2-6-21-11/h11-12H,2-9H2,1H3,(H,18,19)/t11-,12+/m1/s1. The zero-order chi connectivity index (χ0) is 16.1. The Morgan fingerprint density at radius 2 is 2.18 bits per heavy atom. The number of ether oxygens (including phenoxy) is 1. The fraction of sp³-hybridized carbons (Fsp3) is 0.786. The van der Waals surface area contributed by atoms with E-state index in [0.717, 1.165) is 12.8 Å². The molecule has 2 saturated heterocycles. The van der Waals surface area contributed by atoms with Crippen molar-refractivity contribution >= 4 is 29.5 Å². The summed E-state index contributed by atoms with van der Waals surface area (Å²) in [6, 6.07) is -0.488. The SMILES string of the molecule is CC(=O)N1CSC[C@H]1C(=O)N(CCC(=O)O)C[C@H]1CCCO1. The van der Waals surface area contributed by atoms with Crippen molar-refractivity contribution < 1.29 is 24.2 Å². The van der Waals surface area contributed by atoms with Crippen LogP contribution >= 0.6 is 11.8 Å². The minimum absolute atomic E-state index is 0.0300. The van der Waals surface area contributed by atoms with E-state index in [0.29, 0.717) is 24.8 Å². The van der Waals surface area contributed by atoms with Gasteiger partial charge in [0.25, 0.3) is 0 Å². The molecule has 0 aromatic heterocycles. The van der Waals surface area contributed by atoms with E-state index in [1.807, 2.05) is 0 Å². The average Bonchev–Trinajstić information content (AvgIpc) is 3.13. The minimum Gasteiger partial charge on any atom is -0.481 e. The zero-order valence-corrected chi connectivity index (χ0v) is 13.5. The molecule has 0 spiro atoms. The van der Waals surface area contributed by atoms with Crippen LogP contribution in [0.4, 0.5) is 0 Å². The van der Waals surface area contributed by atoms with Gasteiger partial charge in [-0.1, -0.05) is 0 Å². The number of amides is 2. The summed E-state index contributed by atoms with van der Waals surface area (Å²) in [6.07, 6.45) is 1.72. The summed E-state index contributed by atoms with van der Waals surface area (Å²) < 4.78 is 5.55. The molecule has 0 aliphatic carbocycles. The van der Waals surface area contributed by atoms with Crippen LogP contribution in [-0.2, 0) is 19.1 Å². The predicted octanol–water partition coefficient (Wildman–Crippen LogP) is 0.390. The number of nitrogens with zero attached hydrogens (tertiary/aromatic N) is 2. The first-order chi connectivity index (χ1) is 10.5. The summed E-state index contributed by atoms with van der Waals surface area (Å²) in [4.78, 5) is 38.3. The van der Waals surface area contributed by atoms with Crippen molar-refractivity contribution in [3.8, 4) is 0 Å². The van der Waals surface area contributed by atoms with Gasteiger partial charge in [-0.2, -0.15) is 0 Å². The molecule has 2 fully saturated rings. The van der Waals surface area contributed by atoms with Crippen LogP contribution in [0.2, 0.25) is 0 Å². The van der Waals surface area contributed by atoms with Gasteiger partial charge in [0.15, 0.2) is 0 Å². The molecule has 2 aliphatic heterocycles. The second kappa shape index (κ2) is 7.82. The Kier molecular flexibility index (Phi) is 6.07. The highest BCUT2D eigenvalue weighted by molar-refractivity contribution is 7.99. The Morgan fingerprint density at radius 1 is 1.41 bits per heavy atom. The van der Waals surface area contributed by atoms with Crippen molar-refractivity contribution in [3.63, 3.8) is 0 Å². The lowest BCUT2D eigenvalue weighted by Gasteiger charge is -2.30. The third-order valence-corrected chi connectivity index (χ3v) is 4.94. The minimum atomic E-state index is -0.936. The number of carboxylic acid groups (broad SMARTS) is 1. The van der Waals surface area contributed by atoms with E-state index in [1.54, 1.807) is 21.6 Å². The normalized spacial score (nSPS) is 24.5. The lowest BCUT2D eigenvalue weighted by atomic mass is 10.2. The van der Waals surface area contributed by atoms with Gasteiger partial charge in [0, 0.05) is 32.4 Å². The van der Waals surface area contributed by atoms with Gasteiger partial charge in [0.05, 0.1) is 18.4 Å². The van der Waals surface area contributed by atoms with Gasteiger partial charge in [-0.15, -0.1) is 11.8 Å². The molecular weight excluding hydrogens is 308 g/mol. The van der Waals surface area contributed by atoms with Gasteiger partial charge in [0.2, 0.25) is 11.8 Å². The van der Waals surface area contributed by atoms with Crippen LogP contribution in [0.5, 0.6) is 0 Å². The van der Waals surface area contributed by atoms with Crippen LogP contribution in [0.3, 0.4) is 0 Å². The van der Waals surface area contributed by atoms with Crippen LogP contribution in [0.15, 0.2) is 0 Å². The quantitative estimate of drug-likeness (QED) is 0.758. The molecular formula is C14H22N2O5S. The number of hydrogen-bond acceptors (Lipinski definition) is 5. The molecule has 124 valence electrons. The largest absolute Gasteiger partial charge is 0.481 e. The van der Waals surface area contributed by atoms with Gasteiger partial charge in [-0.3, -0.25) is 14.4 Å². The van der Waals surface area contributed by atoms with Crippen LogP contribution < -0.4 is 0 Å². The van der Waals surface area contributed by atoms with Gasteiger partial charge in [-0.25, -0.2) is 0 Å². The lowest BCUT2D eigenvalue weighted by Crippen LogP contribution is -2.50. The lowest BCUT2D eigenvalue weighted by molar-refractivity contribution is -0.145. The number of carboxylic acids is 1. The van der Waals surface area contributed by atoms with E-state index in [2.05, 4.69) is 0 Å². The smallest absolute Gasteiger partial charge is 0.305 e. The number of carbonyl (C=O) groups excluding carboxylic acids is 2. The molecule has 0 aromatic rings. The summed E-state index contributed by atoms with van der Waals surface area (Å²) in [5, 5.41) is 8.87. The van der Waals surface area contributed by atoms with E-state index >= 15 is 0 Å². The number of hydrogen-bond donors (Lipinski definition) is 1. The maximum absolute atomic E-state index is 12.7. The zero-order valence-electron chi connectivity index (χ0n) is 12.7. The molecule has 0 unspecified atom stereocenters. The first-order valence-corrected chi connectivity index (χ1v) is 8.61. The van der Waals surface area contributed by atoms with Crippen molar-refractivity contribution in [2.45, 2.75) is 38.3 Å². The predicted molar refractivity (Wildman–Crippen MR) is 81.4 cm³/mol. The Labute approximate surface area is 134 Å². The van der Waals surface area contributed by atoms with Crippen LogP contribution in [0.25, 0.3) is 0 Å². The second-order valence-electron chi connectivity index (χ2n) is 5.57. The third kappa shape index (κ3) is 4.36. The number of rotatable bonds is 6. The maximum Gasteiger partial charge on any atom is 0.305 e. The molecule has 2 amide bonds. The summed E-state index contributed by atoms with van der Waals surface area (Å²) in [6.45, 7) is 2.69. The fourth-order valence-electron chi connectivity index (χ4n) is 2.72. The van der Waals surface area contributed by atoms with Crippen LogP contribution in [0.1, 0.15) is 26.2 Å². The molecule has 0 radical (unpaired) electrons. The number of thioether (sulfide) groups is 1. The molecule has 0 aromatic carbocycles. The van der Waals surface area contributed by atoms with E-state index in [9.17, 15) is 14.4 Å². The van der Waals surface area contributed by atoms with Crippen molar-refractivity contribution in [3.05, 3.63) is 0 Å². The Bertz CT molecular complexity index is 439. The summed E-state index contributed by atoms with van der Waals surface area (Å²) in [5.41, 5.74) is 0. The van der Waals surface area contributed by atoms with E-state index in [-0.39, 0.29) is 30.9 Å². The average molecular weight is 330 g/mol. The number of carbonyl (C=O) groups is 3. The molecule has 22 heavy (non-hydrogen) atoms. The van der Waals surface area contributed by atoms with Crippen molar-refractivity contribution in [2.24, 2.45) is 0 Å². The second-order valence-corrected chi connectivity index (χ2v) is 6.57. The van der Waals surface area contributed by atoms with E-state index < -0.39 is 12.0 Å². The van der Waals surface area contributed by atoms with Gasteiger partial charge >= 0.3 is 5.97 Å². The highest BCUT2D eigenvalue weighted by Gasteiger charge is 2.36. The van der Waals surface area contributed by atoms with E-state index in [4.69, 9.17) is 9.84 Å². The van der Waals surface area contributed by atoms with E-state index in [1.165, 1.54) is 6.92 Å². The number of aliphatic carboxylic acids is 1. The molecule has 0 bridgehead atoms. The topological polar surface area (TPSA) is 87.2 Å². The summed E-state index contributed by atoms with van der Waals surface area (Å²) in [5.74, 6) is -0.156. The maximum atomic E-state index is 12.7. The molecule has 1 N–H and O–H groups in total. The third-order valence-electron chi connectivity index (χ3n) is 3.93.